The van der Waals surface area contributed by atoms with E-state index in [0.717, 1.165) is 0 Å². The minimum absolute atomic E-state index is 0.238. The number of hydrogen-bond acceptors (Lipinski definition) is 15. The molecule has 6 aromatic carbocycles. The Kier molecular flexibility index (Phi) is 13.7. The summed E-state index contributed by atoms with van der Waals surface area (Å²) in [6.07, 6.45) is 4.13. The number of rotatable bonds is 18. The van der Waals surface area contributed by atoms with Gasteiger partial charge in [0.25, 0.3) is 0 Å². The Labute approximate surface area is 346 Å². The van der Waals surface area contributed by atoms with E-state index >= 15 is 0 Å². The third kappa shape index (κ3) is 10.1. The second-order valence-corrected chi connectivity index (χ2v) is 17.4. The van der Waals surface area contributed by atoms with Crippen LogP contribution in [0.4, 0.5) is 0 Å². The standard InChI is InChI=1S/C42H30N3O12P3/c46-25-31-1-13-37(14-2-31)52-43-58(55-40-19-7-34(28-49)8-20-40)44(53-38-15-3-32(26-47)4-16-38)60(57-42-23-11-36(30-51)12-24-42)45(54-39-17-5-33(27-48)6-18-39)59(43)56-41-21-9-35(29-50)10-22-41/h1-30H. The van der Waals surface area contributed by atoms with Crippen LogP contribution in [0.5, 0.6) is 34.5 Å². The Balaban J connectivity index is 1.45. The molecule has 1 aliphatic rings. The lowest BCUT2D eigenvalue weighted by Gasteiger charge is -2.47. The predicted octanol–water partition coefficient (Wildman–Crippen LogP) is 9.68. The normalized spacial score (nSPS) is 16.7. The van der Waals surface area contributed by atoms with Gasteiger partial charge in [-0.25, -0.2) is 0 Å². The quantitative estimate of drug-likeness (QED) is 0.0591. The molecule has 18 heteroatoms. The molecule has 0 N–H and O–H groups in total. The molecule has 0 saturated carbocycles. The zero-order valence-corrected chi connectivity index (χ0v) is 33.6. The molecule has 0 amide bonds. The third-order valence-corrected chi connectivity index (χ3v) is 14.2. The third-order valence-electron chi connectivity index (χ3n) is 8.10. The van der Waals surface area contributed by atoms with Gasteiger partial charge in [-0.05, 0) is 146 Å². The lowest BCUT2D eigenvalue weighted by atomic mass is 10.2. The highest BCUT2D eigenvalue weighted by atomic mass is 31.3. The zero-order chi connectivity index (χ0) is 41.8. The van der Waals surface area contributed by atoms with E-state index in [2.05, 4.69) is 0 Å². The topological polar surface area (TPSA) is 168 Å². The maximum Gasteiger partial charge on any atom is 0.336 e. The molecule has 0 aromatic heterocycles. The van der Waals surface area contributed by atoms with Crippen molar-refractivity contribution in [3.05, 3.63) is 179 Å². The Hall–Kier alpha value is -6.69. The van der Waals surface area contributed by atoms with Crippen LogP contribution in [-0.2, 0) is 0 Å². The fraction of sp³-hybridized carbons (Fsp3) is 0. The van der Waals surface area contributed by atoms with Gasteiger partial charge < -0.3 is 28.1 Å². The number of carbonyl (C=O) groups is 6. The molecule has 60 heavy (non-hydrogen) atoms. The number of hydrogen-bond donors (Lipinski definition) is 0. The van der Waals surface area contributed by atoms with E-state index in [1.807, 2.05) is 0 Å². The summed E-state index contributed by atoms with van der Waals surface area (Å²) in [6, 6.07) is 37.6. The van der Waals surface area contributed by atoms with Crippen molar-refractivity contribution in [2.75, 3.05) is 0 Å². The molecule has 1 aliphatic heterocycles. The molecule has 0 radical (unpaired) electrons. The smallest absolute Gasteiger partial charge is 0.336 e. The summed E-state index contributed by atoms with van der Waals surface area (Å²) in [7, 11) is -7.31. The summed E-state index contributed by atoms with van der Waals surface area (Å²) in [4.78, 5) is 89.6. The van der Waals surface area contributed by atoms with Crippen LogP contribution in [0, 0.1) is 0 Å². The average Bonchev–Trinajstić information content (AvgIpc) is 3.31. The van der Waals surface area contributed by atoms with Gasteiger partial charge in [0.05, 0.1) is 0 Å². The SMILES string of the molecule is O=Cc1ccc(ON2P(Oc3ccc(C=O)cc3)N(Oc3ccc(C=O)cc3)P(Oc3ccc(C=O)cc3)N(Oc3ccc(C=O)cc3)P2Oc2ccc(C=O)cc2)cc1. The summed E-state index contributed by atoms with van der Waals surface area (Å²) in [6.45, 7) is 0. The molecule has 15 nitrogen and oxygen atoms in total. The van der Waals surface area contributed by atoms with Gasteiger partial charge >= 0.3 is 25.3 Å². The van der Waals surface area contributed by atoms with Gasteiger partial charge in [0.15, 0.2) is 0 Å². The van der Waals surface area contributed by atoms with Crippen LogP contribution in [0.15, 0.2) is 146 Å². The van der Waals surface area contributed by atoms with Gasteiger partial charge in [-0.15, -0.1) is 0 Å². The van der Waals surface area contributed by atoms with E-state index in [1.165, 1.54) is 13.8 Å². The Morgan fingerprint density at radius 3 is 0.600 bits per heavy atom. The highest BCUT2D eigenvalue weighted by Gasteiger charge is 2.60. The average molecular weight is 862 g/mol. The van der Waals surface area contributed by atoms with Gasteiger partial charge in [0, 0.05) is 47.2 Å². The first-order valence-electron chi connectivity index (χ1n) is 17.6. The van der Waals surface area contributed by atoms with E-state index in [9.17, 15) is 28.8 Å². The molecule has 0 unspecified atom stereocenters. The van der Waals surface area contributed by atoms with Crippen LogP contribution >= 0.6 is 25.3 Å². The molecule has 7 rings (SSSR count). The molecule has 0 atom stereocenters. The first-order valence-corrected chi connectivity index (χ1v) is 21.1. The van der Waals surface area contributed by atoms with E-state index < -0.39 is 25.3 Å². The van der Waals surface area contributed by atoms with Crippen molar-refractivity contribution >= 4 is 63.1 Å². The molecular weight excluding hydrogens is 831 g/mol. The maximum absolute atomic E-state index is 11.6. The van der Waals surface area contributed by atoms with Crippen LogP contribution in [0.2, 0.25) is 0 Å². The lowest BCUT2D eigenvalue weighted by molar-refractivity contribution is 0.0103. The number of carbonyl (C=O) groups excluding carboxylic acids is 6. The molecule has 0 bridgehead atoms. The van der Waals surface area contributed by atoms with Gasteiger partial charge in [-0.1, -0.05) is 0 Å². The van der Waals surface area contributed by atoms with Crippen molar-refractivity contribution in [3.63, 3.8) is 0 Å². The van der Waals surface area contributed by atoms with Crippen LogP contribution in [0.25, 0.3) is 0 Å². The van der Waals surface area contributed by atoms with Gasteiger partial charge in [-0.3, -0.25) is 28.8 Å². The molecular formula is C42H30N3O12P3. The molecule has 0 aliphatic carbocycles. The van der Waals surface area contributed by atoms with Crippen LogP contribution in [0.1, 0.15) is 62.1 Å². The summed E-state index contributed by atoms with van der Waals surface area (Å²) < 4.78 is 24.4. The fourth-order valence-corrected chi connectivity index (χ4v) is 11.9. The Bertz CT molecular complexity index is 1970. The van der Waals surface area contributed by atoms with Gasteiger partial charge in [0.1, 0.15) is 72.2 Å². The highest BCUT2D eigenvalue weighted by molar-refractivity contribution is 7.78. The molecule has 1 saturated heterocycles. The first kappa shape index (κ1) is 41.5. The number of aldehydes is 6. The second-order valence-electron chi connectivity index (χ2n) is 12.2. The second kappa shape index (κ2) is 19.8. The minimum Gasteiger partial charge on any atom is -0.440 e. The highest BCUT2D eigenvalue weighted by Crippen LogP contribution is 2.76. The number of nitrogens with zero attached hydrogens (tertiary/aromatic N) is 3. The molecule has 1 fully saturated rings. The predicted molar refractivity (Wildman–Crippen MR) is 221 cm³/mol. The first-order chi connectivity index (χ1) is 29.4. The van der Waals surface area contributed by atoms with Crippen LogP contribution < -0.4 is 28.1 Å². The molecule has 6 aromatic rings. The Morgan fingerprint density at radius 1 is 0.267 bits per heavy atom. The van der Waals surface area contributed by atoms with Crippen molar-refractivity contribution in [1.29, 1.82) is 0 Å². The zero-order valence-electron chi connectivity index (χ0n) is 30.9. The molecule has 300 valence electrons. The van der Waals surface area contributed by atoms with Crippen molar-refractivity contribution in [3.8, 4) is 34.5 Å². The monoisotopic (exact) mass is 861 g/mol. The fourth-order valence-electron chi connectivity index (χ4n) is 5.02. The van der Waals surface area contributed by atoms with Crippen molar-refractivity contribution in [1.82, 2.24) is 13.8 Å². The van der Waals surface area contributed by atoms with E-state index in [-0.39, 0.29) is 34.5 Å². The minimum atomic E-state index is -2.44. The Morgan fingerprint density at radius 2 is 0.433 bits per heavy atom. The van der Waals surface area contributed by atoms with E-state index in [0.29, 0.717) is 71.1 Å². The summed E-state index contributed by atoms with van der Waals surface area (Å²) in [5, 5.41) is 0. The summed E-state index contributed by atoms with van der Waals surface area (Å²) >= 11 is 0. The van der Waals surface area contributed by atoms with Crippen molar-refractivity contribution in [2.24, 2.45) is 0 Å². The lowest BCUT2D eigenvalue weighted by Crippen LogP contribution is -2.44. The van der Waals surface area contributed by atoms with Crippen molar-refractivity contribution in [2.45, 2.75) is 0 Å². The van der Waals surface area contributed by atoms with Crippen LogP contribution in [0.3, 0.4) is 0 Å². The summed E-state index contributed by atoms with van der Waals surface area (Å²) in [5.41, 5.74) is 2.31. The maximum atomic E-state index is 11.6. The summed E-state index contributed by atoms with van der Waals surface area (Å²) in [5.74, 6) is 1.54. The van der Waals surface area contributed by atoms with E-state index in [4.69, 9.17) is 28.1 Å². The molecule has 0 spiro atoms. The number of benzene rings is 6. The van der Waals surface area contributed by atoms with Gasteiger partial charge in [0.2, 0.25) is 0 Å². The van der Waals surface area contributed by atoms with Crippen molar-refractivity contribution < 1.29 is 56.9 Å². The molecule has 1 heterocycles. The van der Waals surface area contributed by atoms with E-state index in [1.54, 1.807) is 146 Å². The largest absolute Gasteiger partial charge is 0.440 e. The van der Waals surface area contributed by atoms with Gasteiger partial charge in [-0.2, -0.15) is 0 Å². The van der Waals surface area contributed by atoms with Crippen LogP contribution in [-0.4, -0.2) is 51.5 Å².